The standard InChI is InChI=1S/C12H18BrN3O2S/c1-19(17,18)15-4-6-16-5-2-3-12(16)10-7-11(13)9-14-8-10/h7-9,12,15H,2-6H2,1H3. The zero-order chi connectivity index (χ0) is 13.9. The highest BCUT2D eigenvalue weighted by Gasteiger charge is 2.25. The van der Waals surface area contributed by atoms with E-state index in [1.165, 1.54) is 11.8 Å². The number of rotatable bonds is 5. The summed E-state index contributed by atoms with van der Waals surface area (Å²) in [5.74, 6) is 0. The number of pyridine rings is 1. The lowest BCUT2D eigenvalue weighted by Crippen LogP contribution is -2.34. The van der Waals surface area contributed by atoms with Crippen LogP contribution in [-0.4, -0.2) is 44.2 Å². The Bertz CT molecular complexity index is 536. The van der Waals surface area contributed by atoms with Crippen molar-refractivity contribution in [3.8, 4) is 0 Å². The van der Waals surface area contributed by atoms with Crippen LogP contribution >= 0.6 is 15.9 Å². The molecular weight excluding hydrogens is 330 g/mol. The highest BCUT2D eigenvalue weighted by atomic mass is 79.9. The number of likely N-dealkylation sites (tertiary alicyclic amines) is 1. The molecule has 0 saturated carbocycles. The van der Waals surface area contributed by atoms with Crippen LogP contribution in [0.3, 0.4) is 0 Å². The number of hydrogen-bond donors (Lipinski definition) is 1. The molecule has 1 N–H and O–H groups in total. The largest absolute Gasteiger partial charge is 0.295 e. The lowest BCUT2D eigenvalue weighted by Gasteiger charge is -2.24. The van der Waals surface area contributed by atoms with Crippen molar-refractivity contribution >= 4 is 26.0 Å². The van der Waals surface area contributed by atoms with Crippen LogP contribution in [0.25, 0.3) is 0 Å². The average molecular weight is 348 g/mol. The van der Waals surface area contributed by atoms with Crippen LogP contribution in [0.4, 0.5) is 0 Å². The third-order valence-corrected chi connectivity index (χ3v) is 4.40. The first-order valence-corrected chi connectivity index (χ1v) is 8.93. The zero-order valence-corrected chi connectivity index (χ0v) is 13.2. The first kappa shape index (κ1) is 14.9. The summed E-state index contributed by atoms with van der Waals surface area (Å²) in [6.07, 6.45) is 7.07. The van der Waals surface area contributed by atoms with Crippen molar-refractivity contribution in [1.82, 2.24) is 14.6 Å². The van der Waals surface area contributed by atoms with E-state index in [2.05, 4.69) is 36.6 Å². The van der Waals surface area contributed by atoms with Crippen molar-refractivity contribution in [2.45, 2.75) is 18.9 Å². The maximum absolute atomic E-state index is 11.1. The van der Waals surface area contributed by atoms with Gasteiger partial charge in [-0.2, -0.15) is 0 Å². The van der Waals surface area contributed by atoms with Crippen LogP contribution < -0.4 is 4.72 Å². The van der Waals surface area contributed by atoms with E-state index in [0.717, 1.165) is 30.4 Å². The highest BCUT2D eigenvalue weighted by molar-refractivity contribution is 9.10. The maximum atomic E-state index is 11.1. The van der Waals surface area contributed by atoms with Gasteiger partial charge in [0, 0.05) is 36.0 Å². The molecule has 2 rings (SSSR count). The minimum absolute atomic E-state index is 0.339. The molecule has 1 aromatic heterocycles. The van der Waals surface area contributed by atoms with Gasteiger partial charge in [0.25, 0.3) is 0 Å². The van der Waals surface area contributed by atoms with Crippen molar-refractivity contribution in [3.63, 3.8) is 0 Å². The van der Waals surface area contributed by atoms with E-state index in [1.807, 2.05) is 6.20 Å². The van der Waals surface area contributed by atoms with E-state index in [0.29, 0.717) is 12.6 Å². The quantitative estimate of drug-likeness (QED) is 0.877. The van der Waals surface area contributed by atoms with Gasteiger partial charge < -0.3 is 0 Å². The zero-order valence-electron chi connectivity index (χ0n) is 10.8. The molecule has 106 valence electrons. The summed E-state index contributed by atoms with van der Waals surface area (Å²) < 4.78 is 25.6. The molecule has 5 nitrogen and oxygen atoms in total. The summed E-state index contributed by atoms with van der Waals surface area (Å²) in [5.41, 5.74) is 1.19. The molecule has 1 atom stereocenters. The summed E-state index contributed by atoms with van der Waals surface area (Å²) in [7, 11) is -3.10. The van der Waals surface area contributed by atoms with Crippen LogP contribution in [0.2, 0.25) is 0 Å². The van der Waals surface area contributed by atoms with E-state index in [1.54, 1.807) is 6.20 Å². The summed E-state index contributed by atoms with van der Waals surface area (Å²) in [5, 5.41) is 0. The fraction of sp³-hybridized carbons (Fsp3) is 0.583. The van der Waals surface area contributed by atoms with E-state index >= 15 is 0 Å². The normalized spacial score (nSPS) is 20.8. The molecule has 1 aliphatic rings. The van der Waals surface area contributed by atoms with E-state index in [-0.39, 0.29) is 0 Å². The van der Waals surface area contributed by atoms with Crippen molar-refractivity contribution in [3.05, 3.63) is 28.5 Å². The van der Waals surface area contributed by atoms with Gasteiger partial charge in [-0.15, -0.1) is 0 Å². The second-order valence-electron chi connectivity index (χ2n) is 4.80. The van der Waals surface area contributed by atoms with E-state index in [9.17, 15) is 8.42 Å². The van der Waals surface area contributed by atoms with Crippen molar-refractivity contribution in [1.29, 1.82) is 0 Å². The molecule has 1 aliphatic heterocycles. The molecule has 0 radical (unpaired) electrons. The third-order valence-electron chi connectivity index (χ3n) is 3.24. The molecule has 7 heteroatoms. The van der Waals surface area contributed by atoms with Gasteiger partial charge in [-0.3, -0.25) is 9.88 Å². The first-order chi connectivity index (χ1) is 8.96. The number of halogens is 1. The van der Waals surface area contributed by atoms with Gasteiger partial charge in [0.1, 0.15) is 0 Å². The topological polar surface area (TPSA) is 62.3 Å². The van der Waals surface area contributed by atoms with E-state index in [4.69, 9.17) is 0 Å². The molecule has 0 bridgehead atoms. The Morgan fingerprint density at radius 2 is 2.32 bits per heavy atom. The first-order valence-electron chi connectivity index (χ1n) is 6.25. The minimum Gasteiger partial charge on any atom is -0.295 e. The van der Waals surface area contributed by atoms with E-state index < -0.39 is 10.0 Å². The van der Waals surface area contributed by atoms with Gasteiger partial charge in [0.15, 0.2) is 0 Å². The summed E-state index contributed by atoms with van der Waals surface area (Å²) >= 11 is 3.44. The molecule has 1 aromatic rings. The molecule has 2 heterocycles. The van der Waals surface area contributed by atoms with Gasteiger partial charge >= 0.3 is 0 Å². The van der Waals surface area contributed by atoms with Crippen molar-refractivity contribution < 1.29 is 8.42 Å². The predicted molar refractivity (Wildman–Crippen MR) is 78.3 cm³/mol. The second kappa shape index (κ2) is 6.30. The lowest BCUT2D eigenvalue weighted by atomic mass is 10.1. The van der Waals surface area contributed by atoms with Crippen LogP contribution in [0.1, 0.15) is 24.4 Å². The van der Waals surface area contributed by atoms with Gasteiger partial charge in [-0.25, -0.2) is 13.1 Å². The Hall–Kier alpha value is -0.500. The number of hydrogen-bond acceptors (Lipinski definition) is 4. The molecule has 0 aliphatic carbocycles. The lowest BCUT2D eigenvalue weighted by molar-refractivity contribution is 0.261. The summed E-state index contributed by atoms with van der Waals surface area (Å²) in [6.45, 7) is 2.18. The molecule has 0 amide bonds. The SMILES string of the molecule is CS(=O)(=O)NCCN1CCCC1c1cncc(Br)c1. The minimum atomic E-state index is -3.10. The number of nitrogens with zero attached hydrogens (tertiary/aromatic N) is 2. The Balaban J connectivity index is 1.97. The Morgan fingerprint density at radius 1 is 1.53 bits per heavy atom. The van der Waals surface area contributed by atoms with Crippen LogP contribution in [0.15, 0.2) is 22.9 Å². The highest BCUT2D eigenvalue weighted by Crippen LogP contribution is 2.31. The number of aromatic nitrogens is 1. The van der Waals surface area contributed by atoms with Gasteiger partial charge in [-0.1, -0.05) is 0 Å². The van der Waals surface area contributed by atoms with Crippen LogP contribution in [0.5, 0.6) is 0 Å². The van der Waals surface area contributed by atoms with Crippen molar-refractivity contribution in [2.75, 3.05) is 25.9 Å². The summed E-state index contributed by atoms with van der Waals surface area (Å²) in [4.78, 5) is 6.50. The van der Waals surface area contributed by atoms with Crippen LogP contribution in [0, 0.1) is 0 Å². The molecule has 0 spiro atoms. The molecule has 19 heavy (non-hydrogen) atoms. The number of sulfonamides is 1. The molecular formula is C12H18BrN3O2S. The fourth-order valence-corrected chi connectivity index (χ4v) is 3.30. The molecule has 1 unspecified atom stereocenters. The molecule has 1 saturated heterocycles. The smallest absolute Gasteiger partial charge is 0.208 e. The molecule has 0 aromatic carbocycles. The Labute approximate surface area is 122 Å². The maximum Gasteiger partial charge on any atom is 0.208 e. The van der Waals surface area contributed by atoms with Gasteiger partial charge in [-0.05, 0) is 46.9 Å². The van der Waals surface area contributed by atoms with Crippen LogP contribution in [-0.2, 0) is 10.0 Å². The number of nitrogens with one attached hydrogen (secondary N) is 1. The molecule has 1 fully saturated rings. The fourth-order valence-electron chi connectivity index (χ4n) is 2.46. The monoisotopic (exact) mass is 347 g/mol. The Morgan fingerprint density at radius 3 is 3.00 bits per heavy atom. The second-order valence-corrected chi connectivity index (χ2v) is 7.55. The average Bonchev–Trinajstić information content (AvgIpc) is 2.75. The summed E-state index contributed by atoms with van der Waals surface area (Å²) in [6, 6.07) is 2.42. The predicted octanol–water partition coefficient (Wildman–Crippen LogP) is 1.53. The van der Waals surface area contributed by atoms with Gasteiger partial charge in [0.2, 0.25) is 10.0 Å². The van der Waals surface area contributed by atoms with Crippen molar-refractivity contribution in [2.24, 2.45) is 0 Å². The third kappa shape index (κ3) is 4.52. The Kier molecular flexibility index (Phi) is 4.94. The van der Waals surface area contributed by atoms with Gasteiger partial charge in [0.05, 0.1) is 6.26 Å².